The Bertz CT molecular complexity index is 902. The number of nitrogens with one attached hydrogen (secondary N) is 1. The molecule has 2 aromatic rings. The van der Waals surface area contributed by atoms with Crippen LogP contribution in [-0.4, -0.2) is 23.2 Å². The molecule has 0 spiro atoms. The molecule has 2 aromatic carbocycles. The molecule has 3 rings (SSSR count). The number of carboxylic acid groups (broad SMARTS) is 1. The molecule has 1 fully saturated rings. The van der Waals surface area contributed by atoms with Gasteiger partial charge in [0.05, 0.1) is 0 Å². The van der Waals surface area contributed by atoms with Crippen molar-refractivity contribution >= 4 is 29.7 Å². The summed E-state index contributed by atoms with van der Waals surface area (Å²) in [5.41, 5.74) is 0.557. The minimum atomic E-state index is -1.15. The summed E-state index contributed by atoms with van der Waals surface area (Å²) in [5.74, 6) is 0.625. The molecule has 30 heavy (non-hydrogen) atoms. The van der Waals surface area contributed by atoms with Gasteiger partial charge in [-0.3, -0.25) is 4.79 Å². The number of carbonyl (C=O) groups excluding carboxylic acids is 1. The third-order valence-electron chi connectivity index (χ3n) is 5.25. The monoisotopic (exact) mass is 425 g/mol. The van der Waals surface area contributed by atoms with Gasteiger partial charge < -0.3 is 15.2 Å². The zero-order chi connectivity index (χ0) is 21.3. The predicted molar refractivity (Wildman–Crippen MR) is 120 cm³/mol. The highest BCUT2D eigenvalue weighted by atomic mass is 32.2. The van der Waals surface area contributed by atoms with E-state index < -0.39 is 5.97 Å². The van der Waals surface area contributed by atoms with E-state index in [1.807, 2.05) is 30.5 Å². The van der Waals surface area contributed by atoms with Crippen LogP contribution in [0.3, 0.4) is 0 Å². The number of hydrogen-bond donors (Lipinski definition) is 2. The molecule has 0 atom stereocenters. The molecular weight excluding hydrogens is 398 g/mol. The summed E-state index contributed by atoms with van der Waals surface area (Å²) in [6.45, 7) is 0. The molecule has 1 aliphatic carbocycles. The predicted octanol–water partition coefficient (Wildman–Crippen LogP) is 5.71. The lowest BCUT2D eigenvalue weighted by molar-refractivity contribution is -0.134. The van der Waals surface area contributed by atoms with E-state index in [9.17, 15) is 14.7 Å². The zero-order valence-electron chi connectivity index (χ0n) is 17.1. The summed E-state index contributed by atoms with van der Waals surface area (Å²) in [6, 6.07) is 14.9. The van der Waals surface area contributed by atoms with Gasteiger partial charge in [-0.1, -0.05) is 49.9 Å². The van der Waals surface area contributed by atoms with E-state index in [2.05, 4.69) is 5.32 Å². The molecule has 1 amide bonds. The molecule has 0 saturated heterocycles. The molecule has 0 aliphatic heterocycles. The van der Waals surface area contributed by atoms with Crippen LogP contribution < -0.4 is 10.1 Å². The second-order valence-electron chi connectivity index (χ2n) is 7.42. The number of aliphatic carboxylic acids is 1. The Kier molecular flexibility index (Phi) is 7.97. The van der Waals surface area contributed by atoms with Gasteiger partial charge >= 0.3 is 5.97 Å². The second kappa shape index (κ2) is 10.9. The lowest BCUT2D eigenvalue weighted by Gasteiger charge is -2.10. The summed E-state index contributed by atoms with van der Waals surface area (Å²) in [4.78, 5) is 24.8. The summed E-state index contributed by atoms with van der Waals surface area (Å²) >= 11 is 1.61. The second-order valence-corrected chi connectivity index (χ2v) is 8.27. The normalized spacial score (nSPS) is 14.5. The van der Waals surface area contributed by atoms with Gasteiger partial charge in [-0.15, -0.1) is 11.8 Å². The summed E-state index contributed by atoms with van der Waals surface area (Å²) < 4.78 is 5.93. The number of carboxylic acids is 1. The number of amides is 1. The van der Waals surface area contributed by atoms with Gasteiger partial charge in [0.2, 0.25) is 5.91 Å². The van der Waals surface area contributed by atoms with E-state index in [4.69, 9.17) is 4.74 Å². The van der Waals surface area contributed by atoms with E-state index in [1.165, 1.54) is 31.8 Å². The molecule has 5 nitrogen and oxygen atoms in total. The molecule has 1 aliphatic rings. The molecule has 158 valence electrons. The van der Waals surface area contributed by atoms with Crippen LogP contribution in [0.25, 0.3) is 6.08 Å². The van der Waals surface area contributed by atoms with Gasteiger partial charge in [0.1, 0.15) is 17.2 Å². The van der Waals surface area contributed by atoms with E-state index in [1.54, 1.807) is 36.0 Å². The largest absolute Gasteiger partial charge is 0.477 e. The Morgan fingerprint density at radius 3 is 2.50 bits per heavy atom. The highest BCUT2D eigenvalue weighted by Crippen LogP contribution is 2.31. The van der Waals surface area contributed by atoms with Gasteiger partial charge in [-0.25, -0.2) is 4.79 Å². The van der Waals surface area contributed by atoms with E-state index in [-0.39, 0.29) is 11.6 Å². The topological polar surface area (TPSA) is 75.6 Å². The van der Waals surface area contributed by atoms with Gasteiger partial charge in [0.15, 0.2) is 0 Å². The maximum Gasteiger partial charge on any atom is 0.352 e. The Balaban J connectivity index is 1.62. The lowest BCUT2D eigenvalue weighted by atomic mass is 10.0. The summed E-state index contributed by atoms with van der Waals surface area (Å²) in [5, 5.41) is 12.0. The molecule has 0 heterocycles. The first-order chi connectivity index (χ1) is 14.5. The smallest absolute Gasteiger partial charge is 0.352 e. The van der Waals surface area contributed by atoms with Crippen LogP contribution in [0.1, 0.15) is 44.1 Å². The molecule has 1 saturated carbocycles. The van der Waals surface area contributed by atoms with E-state index in [0.717, 1.165) is 17.1 Å². The fraction of sp³-hybridized carbons (Fsp3) is 0.333. The number of para-hydroxylation sites is 1. The molecule has 2 N–H and O–H groups in total. The average Bonchev–Trinajstić information content (AvgIpc) is 3.27. The first-order valence-electron chi connectivity index (χ1n) is 10.2. The fourth-order valence-corrected chi connectivity index (χ4v) is 4.15. The van der Waals surface area contributed by atoms with Crippen molar-refractivity contribution in [3.8, 4) is 11.5 Å². The van der Waals surface area contributed by atoms with Crippen molar-refractivity contribution in [1.82, 2.24) is 5.32 Å². The molecule has 0 aromatic heterocycles. The van der Waals surface area contributed by atoms with Crippen LogP contribution in [0, 0.1) is 5.92 Å². The van der Waals surface area contributed by atoms with Crippen molar-refractivity contribution in [2.24, 2.45) is 5.92 Å². The van der Waals surface area contributed by atoms with Crippen molar-refractivity contribution in [2.75, 3.05) is 6.26 Å². The third kappa shape index (κ3) is 6.39. The maximum atomic E-state index is 12.2. The molecule has 6 heteroatoms. The van der Waals surface area contributed by atoms with Crippen LogP contribution in [0.15, 0.2) is 59.1 Å². The lowest BCUT2D eigenvalue weighted by Crippen LogP contribution is -2.27. The third-order valence-corrected chi connectivity index (χ3v) is 6.02. The zero-order valence-corrected chi connectivity index (χ0v) is 17.9. The van der Waals surface area contributed by atoms with Gasteiger partial charge in [0, 0.05) is 11.3 Å². The standard InChI is InChI=1S/C24H27NO4S/c1-30-22-9-5-4-8-21(22)29-19-13-10-18(11-14-19)16-20(24(27)28)25-23(26)15-12-17-6-2-3-7-17/h4-5,8-11,13-14,16-17H,2-3,6-7,12,15H2,1H3,(H,25,26)(H,27,28). The first kappa shape index (κ1) is 22.0. The first-order valence-corrected chi connectivity index (χ1v) is 11.4. The average molecular weight is 426 g/mol. The highest BCUT2D eigenvalue weighted by Gasteiger charge is 2.17. The Morgan fingerprint density at radius 1 is 1.13 bits per heavy atom. The number of hydrogen-bond acceptors (Lipinski definition) is 4. The Morgan fingerprint density at radius 2 is 1.83 bits per heavy atom. The van der Waals surface area contributed by atoms with Crippen LogP contribution in [0.5, 0.6) is 11.5 Å². The fourth-order valence-electron chi connectivity index (χ4n) is 3.63. The number of ether oxygens (including phenoxy) is 1. The van der Waals surface area contributed by atoms with Crippen LogP contribution >= 0.6 is 11.8 Å². The van der Waals surface area contributed by atoms with Gasteiger partial charge in [0.25, 0.3) is 0 Å². The van der Waals surface area contributed by atoms with Crippen molar-refractivity contribution < 1.29 is 19.4 Å². The number of rotatable bonds is 9. The molecular formula is C24H27NO4S. The van der Waals surface area contributed by atoms with Crippen molar-refractivity contribution in [3.63, 3.8) is 0 Å². The number of carbonyl (C=O) groups is 2. The van der Waals surface area contributed by atoms with Crippen LogP contribution in [0.2, 0.25) is 0 Å². The molecule has 0 radical (unpaired) electrons. The maximum absolute atomic E-state index is 12.2. The SMILES string of the molecule is CSc1ccccc1Oc1ccc(C=C(NC(=O)CCC2CCCC2)C(=O)O)cc1. The van der Waals surface area contributed by atoms with Crippen molar-refractivity contribution in [2.45, 2.75) is 43.4 Å². The van der Waals surface area contributed by atoms with Gasteiger partial charge in [-0.05, 0) is 54.5 Å². The minimum absolute atomic E-state index is 0.118. The Hall–Kier alpha value is -2.73. The summed E-state index contributed by atoms with van der Waals surface area (Å²) in [7, 11) is 0. The Labute approximate surface area is 181 Å². The van der Waals surface area contributed by atoms with E-state index >= 15 is 0 Å². The van der Waals surface area contributed by atoms with Gasteiger partial charge in [-0.2, -0.15) is 0 Å². The van der Waals surface area contributed by atoms with Crippen molar-refractivity contribution in [1.29, 1.82) is 0 Å². The number of thioether (sulfide) groups is 1. The van der Waals surface area contributed by atoms with Crippen molar-refractivity contribution in [3.05, 3.63) is 59.8 Å². The summed E-state index contributed by atoms with van der Waals surface area (Å²) in [6.07, 6.45) is 9.44. The molecule has 0 bridgehead atoms. The number of benzene rings is 2. The van der Waals surface area contributed by atoms with Crippen LogP contribution in [0.4, 0.5) is 0 Å². The van der Waals surface area contributed by atoms with E-state index in [0.29, 0.717) is 23.7 Å². The molecule has 0 unspecified atom stereocenters. The quantitative estimate of drug-likeness (QED) is 0.397. The highest BCUT2D eigenvalue weighted by molar-refractivity contribution is 7.98. The minimum Gasteiger partial charge on any atom is -0.477 e. The van der Waals surface area contributed by atoms with Crippen LogP contribution in [-0.2, 0) is 9.59 Å².